The standard InChI is InChI=1S/C12H20N4O2/c13-7-5-11(3-1-9-17)15-16-12(6-8-14)4-2-10-18/h11-12,17-18H,1-6,9-10H2. The normalized spacial score (nSPS) is 14.0. The molecule has 0 amide bonds. The Labute approximate surface area is 108 Å². The lowest BCUT2D eigenvalue weighted by Crippen LogP contribution is -2.08. The molecule has 0 saturated heterocycles. The second-order valence-corrected chi connectivity index (χ2v) is 3.99. The van der Waals surface area contributed by atoms with Gasteiger partial charge in [0.05, 0.1) is 37.1 Å². The molecule has 6 heteroatoms. The summed E-state index contributed by atoms with van der Waals surface area (Å²) in [6, 6.07) is 3.65. The van der Waals surface area contributed by atoms with Crippen molar-refractivity contribution in [3.05, 3.63) is 0 Å². The lowest BCUT2D eigenvalue weighted by atomic mass is 10.1. The third kappa shape index (κ3) is 8.63. The van der Waals surface area contributed by atoms with Crippen LogP contribution in [-0.2, 0) is 0 Å². The zero-order chi connectivity index (χ0) is 13.6. The number of hydrogen-bond acceptors (Lipinski definition) is 6. The van der Waals surface area contributed by atoms with Gasteiger partial charge in [0, 0.05) is 13.2 Å². The zero-order valence-electron chi connectivity index (χ0n) is 10.5. The molecule has 0 rings (SSSR count). The summed E-state index contributed by atoms with van der Waals surface area (Å²) in [5.41, 5.74) is 0. The summed E-state index contributed by atoms with van der Waals surface area (Å²) >= 11 is 0. The number of nitrogens with zero attached hydrogens (tertiary/aromatic N) is 4. The summed E-state index contributed by atoms with van der Waals surface area (Å²) in [5, 5.41) is 42.9. The topological polar surface area (TPSA) is 113 Å². The predicted molar refractivity (Wildman–Crippen MR) is 65.5 cm³/mol. The Balaban J connectivity index is 4.30. The van der Waals surface area contributed by atoms with E-state index in [-0.39, 0.29) is 38.1 Å². The second-order valence-electron chi connectivity index (χ2n) is 3.99. The first-order valence-electron chi connectivity index (χ1n) is 6.14. The Morgan fingerprint density at radius 1 is 0.833 bits per heavy atom. The molecule has 0 aliphatic carbocycles. The van der Waals surface area contributed by atoms with Gasteiger partial charge >= 0.3 is 0 Å². The van der Waals surface area contributed by atoms with E-state index in [0.29, 0.717) is 25.7 Å². The summed E-state index contributed by atoms with van der Waals surface area (Å²) in [5.74, 6) is 0. The van der Waals surface area contributed by atoms with Gasteiger partial charge in [-0.1, -0.05) is 0 Å². The minimum absolute atomic E-state index is 0.0730. The van der Waals surface area contributed by atoms with Gasteiger partial charge in [0.2, 0.25) is 0 Å². The Kier molecular flexibility index (Phi) is 11.0. The molecule has 0 saturated carbocycles. The third-order valence-electron chi connectivity index (χ3n) is 2.44. The van der Waals surface area contributed by atoms with Crippen molar-refractivity contribution < 1.29 is 10.2 Å². The highest BCUT2D eigenvalue weighted by molar-refractivity contribution is 4.82. The van der Waals surface area contributed by atoms with E-state index in [0.717, 1.165) is 0 Å². The van der Waals surface area contributed by atoms with E-state index in [2.05, 4.69) is 10.2 Å². The van der Waals surface area contributed by atoms with Gasteiger partial charge in [-0.15, -0.1) is 0 Å². The van der Waals surface area contributed by atoms with E-state index in [4.69, 9.17) is 20.7 Å². The highest BCUT2D eigenvalue weighted by Crippen LogP contribution is 2.11. The molecule has 2 atom stereocenters. The molecule has 0 spiro atoms. The van der Waals surface area contributed by atoms with E-state index in [1.165, 1.54) is 0 Å². The van der Waals surface area contributed by atoms with Crippen LogP contribution in [0.15, 0.2) is 10.2 Å². The molecular weight excluding hydrogens is 232 g/mol. The van der Waals surface area contributed by atoms with Crippen molar-refractivity contribution in [2.24, 2.45) is 10.2 Å². The smallest absolute Gasteiger partial charge is 0.0838 e. The quantitative estimate of drug-likeness (QED) is 0.574. The van der Waals surface area contributed by atoms with Crippen LogP contribution < -0.4 is 0 Å². The summed E-state index contributed by atoms with van der Waals surface area (Å²) in [6.45, 7) is 0.146. The molecule has 100 valence electrons. The number of hydrogen-bond donors (Lipinski definition) is 2. The number of azo groups is 1. The zero-order valence-corrected chi connectivity index (χ0v) is 10.5. The van der Waals surface area contributed by atoms with E-state index < -0.39 is 0 Å². The van der Waals surface area contributed by atoms with Crippen molar-refractivity contribution in [3.63, 3.8) is 0 Å². The minimum Gasteiger partial charge on any atom is -0.396 e. The summed E-state index contributed by atoms with van der Waals surface area (Å²) < 4.78 is 0. The van der Waals surface area contributed by atoms with Crippen LogP contribution in [0.25, 0.3) is 0 Å². The van der Waals surface area contributed by atoms with Gasteiger partial charge in [-0.25, -0.2) is 0 Å². The molecule has 0 aliphatic heterocycles. The van der Waals surface area contributed by atoms with Crippen molar-refractivity contribution in [1.29, 1.82) is 10.5 Å². The number of nitriles is 2. The van der Waals surface area contributed by atoms with E-state index >= 15 is 0 Å². The maximum atomic E-state index is 8.74. The van der Waals surface area contributed by atoms with Gasteiger partial charge in [0.15, 0.2) is 0 Å². The Hall–Kier alpha value is -1.50. The van der Waals surface area contributed by atoms with Crippen LogP contribution in [0.4, 0.5) is 0 Å². The molecule has 0 aromatic rings. The van der Waals surface area contributed by atoms with Crippen molar-refractivity contribution >= 4 is 0 Å². The fourth-order valence-corrected chi connectivity index (χ4v) is 1.45. The molecule has 0 fully saturated rings. The van der Waals surface area contributed by atoms with Gasteiger partial charge in [0.1, 0.15) is 0 Å². The lowest BCUT2D eigenvalue weighted by molar-refractivity contribution is 0.275. The third-order valence-corrected chi connectivity index (χ3v) is 2.44. The number of aliphatic hydroxyl groups is 2. The molecule has 0 aromatic heterocycles. The van der Waals surface area contributed by atoms with Gasteiger partial charge in [-0.2, -0.15) is 20.8 Å². The monoisotopic (exact) mass is 252 g/mol. The van der Waals surface area contributed by atoms with Crippen LogP contribution in [0, 0.1) is 22.7 Å². The molecule has 0 aliphatic rings. The average molecular weight is 252 g/mol. The van der Waals surface area contributed by atoms with Crippen LogP contribution in [0.1, 0.15) is 38.5 Å². The number of rotatable bonds is 10. The molecule has 0 heterocycles. The molecular formula is C12H20N4O2. The van der Waals surface area contributed by atoms with Gasteiger partial charge in [0.25, 0.3) is 0 Å². The van der Waals surface area contributed by atoms with E-state index in [1.807, 2.05) is 12.1 Å². The van der Waals surface area contributed by atoms with Crippen LogP contribution in [-0.4, -0.2) is 35.5 Å². The van der Waals surface area contributed by atoms with Crippen molar-refractivity contribution in [1.82, 2.24) is 0 Å². The lowest BCUT2D eigenvalue weighted by Gasteiger charge is -2.09. The van der Waals surface area contributed by atoms with Gasteiger partial charge in [-0.3, -0.25) is 0 Å². The minimum atomic E-state index is -0.211. The maximum Gasteiger partial charge on any atom is 0.0838 e. The van der Waals surface area contributed by atoms with Crippen LogP contribution in [0.5, 0.6) is 0 Å². The Morgan fingerprint density at radius 2 is 1.22 bits per heavy atom. The molecule has 2 unspecified atom stereocenters. The molecule has 0 aromatic carbocycles. The summed E-state index contributed by atoms with van der Waals surface area (Å²) in [6.07, 6.45) is 2.95. The van der Waals surface area contributed by atoms with Crippen molar-refractivity contribution in [3.8, 4) is 12.1 Å². The molecule has 18 heavy (non-hydrogen) atoms. The highest BCUT2D eigenvalue weighted by Gasteiger charge is 2.09. The largest absolute Gasteiger partial charge is 0.396 e. The first-order chi connectivity index (χ1) is 8.78. The second kappa shape index (κ2) is 12.0. The Bertz CT molecular complexity index is 276. The van der Waals surface area contributed by atoms with Crippen molar-refractivity contribution in [2.75, 3.05) is 13.2 Å². The highest BCUT2D eigenvalue weighted by atomic mass is 16.3. The average Bonchev–Trinajstić information content (AvgIpc) is 2.38. The maximum absolute atomic E-state index is 8.74. The van der Waals surface area contributed by atoms with Crippen LogP contribution >= 0.6 is 0 Å². The fourth-order valence-electron chi connectivity index (χ4n) is 1.45. The molecule has 2 N–H and O–H groups in total. The van der Waals surface area contributed by atoms with Gasteiger partial charge < -0.3 is 10.2 Å². The van der Waals surface area contributed by atoms with Gasteiger partial charge in [-0.05, 0) is 25.7 Å². The first-order valence-corrected chi connectivity index (χ1v) is 6.14. The molecule has 6 nitrogen and oxygen atoms in total. The van der Waals surface area contributed by atoms with Crippen molar-refractivity contribution in [2.45, 2.75) is 50.6 Å². The molecule has 0 bridgehead atoms. The van der Waals surface area contributed by atoms with Crippen LogP contribution in [0.3, 0.4) is 0 Å². The molecule has 0 radical (unpaired) electrons. The summed E-state index contributed by atoms with van der Waals surface area (Å²) in [7, 11) is 0. The Morgan fingerprint density at radius 3 is 1.50 bits per heavy atom. The first kappa shape index (κ1) is 16.5. The van der Waals surface area contributed by atoms with E-state index in [9.17, 15) is 0 Å². The predicted octanol–water partition coefficient (Wildman–Crippen LogP) is 1.55. The SMILES string of the molecule is N#CCC(CCCO)N=NC(CC#N)CCCO. The number of aliphatic hydroxyl groups excluding tert-OH is 2. The van der Waals surface area contributed by atoms with Crippen LogP contribution in [0.2, 0.25) is 0 Å². The fraction of sp³-hybridized carbons (Fsp3) is 0.833. The summed E-state index contributed by atoms with van der Waals surface area (Å²) in [4.78, 5) is 0. The van der Waals surface area contributed by atoms with E-state index in [1.54, 1.807) is 0 Å².